The van der Waals surface area contributed by atoms with Crippen LogP contribution in [0.1, 0.15) is 5.56 Å². The molecular formula is C9H10BrF2NO. The van der Waals surface area contributed by atoms with Crippen LogP contribution in [0.3, 0.4) is 0 Å². The first-order valence-electron chi connectivity index (χ1n) is 4.05. The van der Waals surface area contributed by atoms with Gasteiger partial charge >= 0.3 is 0 Å². The van der Waals surface area contributed by atoms with Crippen LogP contribution in [0, 0.1) is 11.6 Å². The summed E-state index contributed by atoms with van der Waals surface area (Å²) in [6.07, 6.45) is 0.182. The van der Waals surface area contributed by atoms with Crippen molar-refractivity contribution in [2.24, 2.45) is 5.73 Å². The van der Waals surface area contributed by atoms with E-state index in [0.717, 1.165) is 6.07 Å². The molecule has 0 saturated carbocycles. The topological polar surface area (TPSA) is 46.2 Å². The van der Waals surface area contributed by atoms with Crippen LogP contribution in [0.25, 0.3) is 0 Å². The number of benzene rings is 1. The molecule has 3 N–H and O–H groups in total. The normalized spacial score (nSPS) is 12.9. The molecule has 1 atom stereocenters. The van der Waals surface area contributed by atoms with E-state index in [-0.39, 0.29) is 17.5 Å². The first-order chi connectivity index (χ1) is 6.56. The summed E-state index contributed by atoms with van der Waals surface area (Å²) in [7, 11) is 0. The van der Waals surface area contributed by atoms with Gasteiger partial charge in [0.2, 0.25) is 0 Å². The summed E-state index contributed by atoms with van der Waals surface area (Å²) in [5, 5.41) is 8.68. The molecule has 78 valence electrons. The van der Waals surface area contributed by atoms with Crippen LogP contribution in [-0.2, 0) is 6.42 Å². The molecule has 0 bridgehead atoms. The Morgan fingerprint density at radius 1 is 1.43 bits per heavy atom. The Kier molecular flexibility index (Phi) is 3.97. The molecule has 0 saturated heterocycles. The second kappa shape index (κ2) is 4.82. The quantitative estimate of drug-likeness (QED) is 0.816. The van der Waals surface area contributed by atoms with Crippen molar-refractivity contribution in [2.45, 2.75) is 12.5 Å². The molecule has 0 radical (unpaired) electrons. The summed E-state index contributed by atoms with van der Waals surface area (Å²) in [4.78, 5) is 0. The molecule has 1 aromatic carbocycles. The van der Waals surface area contributed by atoms with Crippen LogP contribution in [0.15, 0.2) is 16.6 Å². The molecule has 0 spiro atoms. The van der Waals surface area contributed by atoms with Crippen LogP contribution >= 0.6 is 15.9 Å². The average molecular weight is 266 g/mol. The van der Waals surface area contributed by atoms with Crippen molar-refractivity contribution in [1.29, 1.82) is 0 Å². The molecule has 0 aromatic heterocycles. The van der Waals surface area contributed by atoms with E-state index in [1.165, 1.54) is 6.07 Å². The average Bonchev–Trinajstić information content (AvgIpc) is 2.19. The highest BCUT2D eigenvalue weighted by molar-refractivity contribution is 9.10. The Balaban J connectivity index is 2.94. The number of aliphatic hydroxyl groups is 1. The van der Waals surface area contributed by atoms with Gasteiger partial charge in [0.1, 0.15) is 11.6 Å². The Hall–Kier alpha value is -0.520. The van der Waals surface area contributed by atoms with Gasteiger partial charge in [0, 0.05) is 6.04 Å². The van der Waals surface area contributed by atoms with Crippen LogP contribution in [0.2, 0.25) is 0 Å². The number of aliphatic hydroxyl groups excluding tert-OH is 1. The fourth-order valence-corrected chi connectivity index (χ4v) is 1.46. The fourth-order valence-electron chi connectivity index (χ4n) is 1.07. The van der Waals surface area contributed by atoms with Gasteiger partial charge in [-0.25, -0.2) is 8.78 Å². The number of rotatable bonds is 3. The molecular weight excluding hydrogens is 256 g/mol. The highest BCUT2D eigenvalue weighted by atomic mass is 79.9. The molecule has 1 unspecified atom stereocenters. The predicted octanol–water partition coefficient (Wildman–Crippen LogP) is 1.59. The molecule has 0 aliphatic heterocycles. The predicted molar refractivity (Wildman–Crippen MR) is 52.8 cm³/mol. The minimum absolute atomic E-state index is 0.182. The van der Waals surface area contributed by atoms with Crippen LogP contribution in [0.4, 0.5) is 8.78 Å². The number of halogens is 3. The molecule has 0 fully saturated rings. The summed E-state index contributed by atoms with van der Waals surface area (Å²) < 4.78 is 26.0. The van der Waals surface area contributed by atoms with Crippen LogP contribution in [0.5, 0.6) is 0 Å². The van der Waals surface area contributed by atoms with Crippen molar-refractivity contribution in [3.63, 3.8) is 0 Å². The maximum absolute atomic E-state index is 13.3. The van der Waals surface area contributed by atoms with Gasteiger partial charge in [-0.05, 0) is 34.0 Å². The van der Waals surface area contributed by atoms with Crippen molar-refractivity contribution in [2.75, 3.05) is 6.61 Å². The van der Waals surface area contributed by atoms with Crippen LogP contribution < -0.4 is 5.73 Å². The standard InChI is InChI=1S/C9H10BrF2NO/c10-8-7(11)2-1-5(9(8)12)3-6(13)4-14/h1-2,6,14H,3-4,13H2. The van der Waals surface area contributed by atoms with E-state index in [9.17, 15) is 8.78 Å². The molecule has 0 aliphatic rings. The SMILES string of the molecule is NC(CO)Cc1ccc(F)c(Br)c1F. The van der Waals surface area contributed by atoms with Crippen molar-refractivity contribution in [1.82, 2.24) is 0 Å². The third-order valence-corrected chi connectivity index (χ3v) is 2.56. The Bertz CT molecular complexity index is 333. The molecule has 1 rings (SSSR count). The summed E-state index contributed by atoms with van der Waals surface area (Å²) in [6.45, 7) is -0.228. The van der Waals surface area contributed by atoms with Gasteiger partial charge in [0.15, 0.2) is 0 Å². The lowest BCUT2D eigenvalue weighted by Crippen LogP contribution is -2.27. The van der Waals surface area contributed by atoms with Crippen molar-refractivity contribution >= 4 is 15.9 Å². The third kappa shape index (κ3) is 2.50. The number of nitrogens with two attached hydrogens (primary N) is 1. The van der Waals surface area contributed by atoms with E-state index in [2.05, 4.69) is 15.9 Å². The van der Waals surface area contributed by atoms with Gasteiger partial charge in [0.25, 0.3) is 0 Å². The van der Waals surface area contributed by atoms with Gasteiger partial charge in [-0.2, -0.15) is 0 Å². The molecule has 0 amide bonds. The van der Waals surface area contributed by atoms with Gasteiger partial charge in [-0.15, -0.1) is 0 Å². The maximum Gasteiger partial charge on any atom is 0.143 e. The Labute approximate surface area is 88.9 Å². The van der Waals surface area contributed by atoms with E-state index in [1.54, 1.807) is 0 Å². The monoisotopic (exact) mass is 265 g/mol. The Morgan fingerprint density at radius 2 is 2.07 bits per heavy atom. The second-order valence-corrected chi connectivity index (χ2v) is 3.77. The number of hydrogen-bond donors (Lipinski definition) is 2. The van der Waals surface area contributed by atoms with E-state index < -0.39 is 17.7 Å². The lowest BCUT2D eigenvalue weighted by Gasteiger charge is -2.09. The third-order valence-electron chi connectivity index (χ3n) is 1.83. The van der Waals surface area contributed by atoms with E-state index in [4.69, 9.17) is 10.8 Å². The molecule has 14 heavy (non-hydrogen) atoms. The zero-order valence-corrected chi connectivity index (χ0v) is 8.89. The smallest absolute Gasteiger partial charge is 0.143 e. The first-order valence-corrected chi connectivity index (χ1v) is 4.84. The van der Waals surface area contributed by atoms with Crippen LogP contribution in [-0.4, -0.2) is 17.8 Å². The van der Waals surface area contributed by atoms with E-state index >= 15 is 0 Å². The first kappa shape index (κ1) is 11.6. The summed E-state index contributed by atoms with van der Waals surface area (Å²) in [6, 6.07) is 1.96. The van der Waals surface area contributed by atoms with E-state index in [0.29, 0.717) is 5.56 Å². The number of hydrogen-bond acceptors (Lipinski definition) is 2. The van der Waals surface area contributed by atoms with Gasteiger partial charge < -0.3 is 10.8 Å². The molecule has 0 aliphatic carbocycles. The molecule has 1 aromatic rings. The largest absolute Gasteiger partial charge is 0.395 e. The van der Waals surface area contributed by atoms with Gasteiger partial charge in [-0.3, -0.25) is 0 Å². The minimum atomic E-state index is -0.658. The molecule has 0 heterocycles. The van der Waals surface area contributed by atoms with Gasteiger partial charge in [0.05, 0.1) is 11.1 Å². The lowest BCUT2D eigenvalue weighted by atomic mass is 10.1. The van der Waals surface area contributed by atoms with E-state index in [1.807, 2.05) is 0 Å². The second-order valence-electron chi connectivity index (χ2n) is 2.98. The fraction of sp³-hybridized carbons (Fsp3) is 0.333. The van der Waals surface area contributed by atoms with Crippen molar-refractivity contribution in [3.8, 4) is 0 Å². The highest BCUT2D eigenvalue weighted by Gasteiger charge is 2.13. The summed E-state index contributed by atoms with van der Waals surface area (Å²) in [5.41, 5.74) is 5.73. The highest BCUT2D eigenvalue weighted by Crippen LogP contribution is 2.23. The Morgan fingerprint density at radius 3 is 2.64 bits per heavy atom. The minimum Gasteiger partial charge on any atom is -0.395 e. The lowest BCUT2D eigenvalue weighted by molar-refractivity contribution is 0.264. The van der Waals surface area contributed by atoms with Crippen molar-refractivity contribution < 1.29 is 13.9 Å². The maximum atomic E-state index is 13.3. The summed E-state index contributed by atoms with van der Waals surface area (Å²) in [5.74, 6) is -1.31. The zero-order valence-electron chi connectivity index (χ0n) is 7.30. The zero-order chi connectivity index (χ0) is 10.7. The van der Waals surface area contributed by atoms with Crippen molar-refractivity contribution in [3.05, 3.63) is 33.8 Å². The summed E-state index contributed by atoms with van der Waals surface area (Å²) >= 11 is 2.79. The van der Waals surface area contributed by atoms with Gasteiger partial charge in [-0.1, -0.05) is 6.07 Å². The molecule has 2 nitrogen and oxygen atoms in total. The molecule has 5 heteroatoms.